The second-order valence-corrected chi connectivity index (χ2v) is 10.9. The van der Waals surface area contributed by atoms with Crippen molar-refractivity contribution in [2.45, 2.75) is 38.3 Å². The average molecular weight is 534 g/mol. The molecule has 1 aliphatic heterocycles. The molecule has 6 rings (SSSR count). The van der Waals surface area contributed by atoms with E-state index in [0.29, 0.717) is 28.4 Å². The lowest BCUT2D eigenvalue weighted by Gasteiger charge is -2.32. The smallest absolute Gasteiger partial charge is 0.261 e. The minimum absolute atomic E-state index is 0.00168. The number of rotatable bonds is 7. The molecule has 196 valence electrons. The molecular weight excluding hydrogens is 502 g/mol. The van der Waals surface area contributed by atoms with Gasteiger partial charge in [-0.05, 0) is 90.4 Å². The molecule has 39 heavy (non-hydrogen) atoms. The number of fused-ring (bicyclic) bond motifs is 1. The van der Waals surface area contributed by atoms with E-state index in [0.717, 1.165) is 37.2 Å². The monoisotopic (exact) mass is 533 g/mol. The third-order valence-corrected chi connectivity index (χ3v) is 8.18. The van der Waals surface area contributed by atoms with Crippen molar-refractivity contribution in [3.8, 4) is 11.1 Å². The Hall–Kier alpha value is -3.73. The number of aryl methyl sites for hydroxylation is 2. The van der Waals surface area contributed by atoms with Crippen LogP contribution in [0.15, 0.2) is 108 Å². The molecule has 4 aromatic carbocycles. The largest absolute Gasteiger partial charge is 0.299 e. The zero-order valence-electron chi connectivity index (χ0n) is 22.0. The summed E-state index contributed by atoms with van der Waals surface area (Å²) in [5.41, 5.74) is 6.82. The van der Waals surface area contributed by atoms with E-state index in [1.165, 1.54) is 29.5 Å². The number of likely N-dealkylation sites (tertiary alicyclic amines) is 1. The summed E-state index contributed by atoms with van der Waals surface area (Å²) in [6.07, 6.45) is 4.90. The Morgan fingerprint density at radius 1 is 0.795 bits per heavy atom. The standard InChI is InChI=1S/C34H32ClN3O/c35-31-13-10-28(11-14-31)30-12-15-32-33(22-30)36-24-38(34(32)39)21-16-25-6-8-26(9-7-25)23-37-19-17-29(18-20-37)27-4-2-1-3-5-27/h1-15,22,24,29H,16-21,23H2. The fourth-order valence-corrected chi connectivity index (χ4v) is 5.73. The summed E-state index contributed by atoms with van der Waals surface area (Å²) in [5.74, 6) is 0.684. The molecule has 5 heteroatoms. The van der Waals surface area contributed by atoms with Crippen molar-refractivity contribution in [2.24, 2.45) is 0 Å². The van der Waals surface area contributed by atoms with Crippen LogP contribution in [0.2, 0.25) is 5.02 Å². The number of benzene rings is 4. The van der Waals surface area contributed by atoms with Gasteiger partial charge in [-0.3, -0.25) is 14.3 Å². The molecule has 0 N–H and O–H groups in total. The topological polar surface area (TPSA) is 38.1 Å². The van der Waals surface area contributed by atoms with Crippen molar-refractivity contribution < 1.29 is 0 Å². The van der Waals surface area contributed by atoms with Gasteiger partial charge in [0.2, 0.25) is 0 Å². The van der Waals surface area contributed by atoms with E-state index in [2.05, 4.69) is 64.5 Å². The number of piperidine rings is 1. The fraction of sp³-hybridized carbons (Fsp3) is 0.235. The van der Waals surface area contributed by atoms with Crippen LogP contribution in [0.3, 0.4) is 0 Å². The predicted octanol–water partition coefficient (Wildman–Crippen LogP) is 7.34. The zero-order valence-corrected chi connectivity index (χ0v) is 22.7. The molecule has 1 saturated heterocycles. The molecule has 2 heterocycles. The molecule has 1 aliphatic rings. The maximum Gasteiger partial charge on any atom is 0.261 e. The molecule has 0 atom stereocenters. The van der Waals surface area contributed by atoms with Gasteiger partial charge in [0.25, 0.3) is 5.56 Å². The summed E-state index contributed by atoms with van der Waals surface area (Å²) < 4.78 is 1.72. The Labute approximate surface area is 234 Å². The van der Waals surface area contributed by atoms with Gasteiger partial charge in [0.1, 0.15) is 0 Å². The maximum absolute atomic E-state index is 13.1. The Kier molecular flexibility index (Phi) is 7.57. The van der Waals surface area contributed by atoms with Crippen LogP contribution >= 0.6 is 11.6 Å². The normalized spacial score (nSPS) is 14.6. The van der Waals surface area contributed by atoms with Crippen LogP contribution in [0.5, 0.6) is 0 Å². The van der Waals surface area contributed by atoms with Crippen molar-refractivity contribution in [1.29, 1.82) is 0 Å². The molecule has 1 fully saturated rings. The van der Waals surface area contributed by atoms with E-state index in [1.54, 1.807) is 10.9 Å². The second kappa shape index (κ2) is 11.6. The molecule has 1 aromatic heterocycles. The Morgan fingerprint density at radius 3 is 2.23 bits per heavy atom. The zero-order chi connectivity index (χ0) is 26.6. The summed E-state index contributed by atoms with van der Waals surface area (Å²) in [5, 5.41) is 1.34. The second-order valence-electron chi connectivity index (χ2n) is 10.5. The van der Waals surface area contributed by atoms with E-state index in [-0.39, 0.29) is 5.56 Å². The lowest BCUT2D eigenvalue weighted by Crippen LogP contribution is -2.32. The maximum atomic E-state index is 13.1. The van der Waals surface area contributed by atoms with Crippen molar-refractivity contribution in [1.82, 2.24) is 14.5 Å². The molecule has 0 unspecified atom stereocenters. The third-order valence-electron chi connectivity index (χ3n) is 7.93. The van der Waals surface area contributed by atoms with Crippen LogP contribution < -0.4 is 5.56 Å². The van der Waals surface area contributed by atoms with Crippen LogP contribution in [0.4, 0.5) is 0 Å². The fourth-order valence-electron chi connectivity index (χ4n) is 5.61. The van der Waals surface area contributed by atoms with Crippen molar-refractivity contribution in [2.75, 3.05) is 13.1 Å². The van der Waals surface area contributed by atoms with Gasteiger partial charge in [-0.15, -0.1) is 0 Å². The summed E-state index contributed by atoms with van der Waals surface area (Å²) in [7, 11) is 0. The van der Waals surface area contributed by atoms with Gasteiger partial charge in [0.05, 0.1) is 17.2 Å². The highest BCUT2D eigenvalue weighted by atomic mass is 35.5. The van der Waals surface area contributed by atoms with Crippen LogP contribution in [0.1, 0.15) is 35.4 Å². The summed E-state index contributed by atoms with van der Waals surface area (Å²) >= 11 is 6.02. The van der Waals surface area contributed by atoms with E-state index in [4.69, 9.17) is 11.6 Å². The van der Waals surface area contributed by atoms with Gasteiger partial charge in [0, 0.05) is 18.1 Å². The molecule has 0 aliphatic carbocycles. The number of nitrogens with zero attached hydrogens (tertiary/aromatic N) is 3. The predicted molar refractivity (Wildman–Crippen MR) is 160 cm³/mol. The van der Waals surface area contributed by atoms with Crippen LogP contribution in [-0.4, -0.2) is 27.5 Å². The lowest BCUT2D eigenvalue weighted by atomic mass is 9.89. The molecule has 4 nitrogen and oxygen atoms in total. The molecular formula is C34H32ClN3O. The number of hydrogen-bond donors (Lipinski definition) is 0. The first-order valence-corrected chi connectivity index (χ1v) is 14.1. The quantitative estimate of drug-likeness (QED) is 0.220. The van der Waals surface area contributed by atoms with E-state index in [9.17, 15) is 4.79 Å². The van der Waals surface area contributed by atoms with Gasteiger partial charge >= 0.3 is 0 Å². The van der Waals surface area contributed by atoms with Crippen LogP contribution in [0, 0.1) is 0 Å². The molecule has 0 bridgehead atoms. The van der Waals surface area contributed by atoms with Crippen molar-refractivity contribution in [3.05, 3.63) is 135 Å². The Morgan fingerprint density at radius 2 is 1.49 bits per heavy atom. The molecule has 0 amide bonds. The minimum atomic E-state index is -0.00168. The SMILES string of the molecule is O=c1c2ccc(-c3ccc(Cl)cc3)cc2ncn1CCc1ccc(CN2CCC(c3ccccc3)CC2)cc1. The highest BCUT2D eigenvalue weighted by molar-refractivity contribution is 6.30. The minimum Gasteiger partial charge on any atom is -0.299 e. The van der Waals surface area contributed by atoms with Crippen molar-refractivity contribution >= 4 is 22.5 Å². The van der Waals surface area contributed by atoms with Crippen molar-refractivity contribution in [3.63, 3.8) is 0 Å². The molecule has 0 spiro atoms. The highest BCUT2D eigenvalue weighted by Gasteiger charge is 2.20. The number of halogens is 1. The first kappa shape index (κ1) is 25.5. The number of aromatic nitrogens is 2. The van der Waals surface area contributed by atoms with E-state index >= 15 is 0 Å². The van der Waals surface area contributed by atoms with Crippen LogP contribution in [-0.2, 0) is 19.5 Å². The highest BCUT2D eigenvalue weighted by Crippen LogP contribution is 2.28. The van der Waals surface area contributed by atoms with Gasteiger partial charge in [-0.2, -0.15) is 0 Å². The molecule has 0 saturated carbocycles. The molecule has 5 aromatic rings. The lowest BCUT2D eigenvalue weighted by molar-refractivity contribution is 0.204. The summed E-state index contributed by atoms with van der Waals surface area (Å²) in [6, 6.07) is 33.3. The van der Waals surface area contributed by atoms with E-state index < -0.39 is 0 Å². The number of hydrogen-bond acceptors (Lipinski definition) is 3. The summed E-state index contributed by atoms with van der Waals surface area (Å²) in [6.45, 7) is 3.88. The van der Waals surface area contributed by atoms with Gasteiger partial charge in [0.15, 0.2) is 0 Å². The molecule has 0 radical (unpaired) electrons. The summed E-state index contributed by atoms with van der Waals surface area (Å²) in [4.78, 5) is 20.3. The van der Waals surface area contributed by atoms with Gasteiger partial charge in [-0.25, -0.2) is 4.98 Å². The van der Waals surface area contributed by atoms with Crippen LogP contribution in [0.25, 0.3) is 22.0 Å². The van der Waals surface area contributed by atoms with Gasteiger partial charge in [-0.1, -0.05) is 84.4 Å². The third kappa shape index (κ3) is 5.98. The van der Waals surface area contributed by atoms with E-state index in [1.807, 2.05) is 42.5 Å². The Balaban J connectivity index is 1.05. The first-order valence-electron chi connectivity index (χ1n) is 13.7. The van der Waals surface area contributed by atoms with Gasteiger partial charge < -0.3 is 0 Å². The Bertz CT molecular complexity index is 1600. The first-order chi connectivity index (χ1) is 19.1. The average Bonchev–Trinajstić information content (AvgIpc) is 2.99.